The molecule has 0 saturated carbocycles. The van der Waals surface area contributed by atoms with Crippen LogP contribution in [0.25, 0.3) is 0 Å². The molecule has 3 heterocycles. The van der Waals surface area contributed by atoms with Crippen molar-refractivity contribution < 1.29 is 9.53 Å². The fraction of sp³-hybridized carbons (Fsp3) is 0.412. The van der Waals surface area contributed by atoms with Gasteiger partial charge >= 0.3 is 0 Å². The normalized spacial score (nSPS) is 17.5. The molecule has 1 amide bonds. The van der Waals surface area contributed by atoms with Gasteiger partial charge in [-0.15, -0.1) is 11.3 Å². The number of pyridine rings is 1. The minimum Gasteiger partial charge on any atom is -0.376 e. The summed E-state index contributed by atoms with van der Waals surface area (Å²) in [7, 11) is 0. The maximum absolute atomic E-state index is 12.7. The monoisotopic (exact) mass is 316 g/mol. The SMILES string of the molecule is O=C(Cc1cccs1)N(Cc1ccncc1)C[C@H]1CCCO1. The fourth-order valence-electron chi connectivity index (χ4n) is 2.67. The predicted octanol–water partition coefficient (Wildman–Crippen LogP) is 2.89. The molecule has 0 aromatic carbocycles. The van der Waals surface area contributed by atoms with E-state index < -0.39 is 0 Å². The summed E-state index contributed by atoms with van der Waals surface area (Å²) in [6.45, 7) is 2.10. The second kappa shape index (κ2) is 7.51. The van der Waals surface area contributed by atoms with Gasteiger partial charge in [-0.25, -0.2) is 0 Å². The summed E-state index contributed by atoms with van der Waals surface area (Å²) in [5, 5.41) is 2.01. The molecule has 4 nitrogen and oxygen atoms in total. The maximum atomic E-state index is 12.7. The molecule has 1 aliphatic heterocycles. The largest absolute Gasteiger partial charge is 0.376 e. The first-order valence-corrected chi connectivity index (χ1v) is 8.50. The first kappa shape index (κ1) is 15.2. The molecular weight excluding hydrogens is 296 g/mol. The zero-order valence-corrected chi connectivity index (χ0v) is 13.3. The number of aromatic nitrogens is 1. The highest BCUT2D eigenvalue weighted by Gasteiger charge is 2.23. The zero-order valence-electron chi connectivity index (χ0n) is 12.5. The molecule has 1 saturated heterocycles. The Labute approximate surface area is 134 Å². The standard InChI is InChI=1S/C17H20N2O2S/c20-17(11-16-4-2-10-22-16)19(13-15-3-1-9-21-15)12-14-5-7-18-8-6-14/h2,4-8,10,15H,1,3,9,11-13H2/t15-/m1/s1. The third-order valence-corrected chi connectivity index (χ3v) is 4.71. The highest BCUT2D eigenvalue weighted by atomic mass is 32.1. The highest BCUT2D eigenvalue weighted by Crippen LogP contribution is 2.17. The molecule has 2 aromatic rings. The van der Waals surface area contributed by atoms with Crippen molar-refractivity contribution in [3.05, 3.63) is 52.5 Å². The van der Waals surface area contributed by atoms with Crippen LogP contribution >= 0.6 is 11.3 Å². The number of thiophene rings is 1. The molecule has 0 bridgehead atoms. The number of hydrogen-bond donors (Lipinski definition) is 0. The number of carbonyl (C=O) groups is 1. The lowest BCUT2D eigenvalue weighted by Crippen LogP contribution is -2.37. The second-order valence-electron chi connectivity index (χ2n) is 5.52. The van der Waals surface area contributed by atoms with E-state index in [9.17, 15) is 4.79 Å². The van der Waals surface area contributed by atoms with Gasteiger partial charge in [-0.2, -0.15) is 0 Å². The van der Waals surface area contributed by atoms with Crippen LogP contribution in [-0.2, 0) is 22.5 Å². The van der Waals surface area contributed by atoms with Crippen LogP contribution < -0.4 is 0 Å². The number of rotatable bonds is 6. The van der Waals surface area contributed by atoms with Crippen LogP contribution in [0.2, 0.25) is 0 Å². The van der Waals surface area contributed by atoms with Crippen molar-refractivity contribution in [1.29, 1.82) is 0 Å². The molecule has 0 spiro atoms. The smallest absolute Gasteiger partial charge is 0.228 e. The fourth-order valence-corrected chi connectivity index (χ4v) is 3.37. The van der Waals surface area contributed by atoms with Crippen molar-refractivity contribution in [2.24, 2.45) is 0 Å². The van der Waals surface area contributed by atoms with Gasteiger partial charge in [0, 0.05) is 37.0 Å². The average Bonchev–Trinajstić information content (AvgIpc) is 3.21. The second-order valence-corrected chi connectivity index (χ2v) is 6.55. The minimum atomic E-state index is 0.162. The lowest BCUT2D eigenvalue weighted by molar-refractivity contribution is -0.132. The van der Waals surface area contributed by atoms with Gasteiger partial charge in [-0.1, -0.05) is 6.07 Å². The topological polar surface area (TPSA) is 42.4 Å². The van der Waals surface area contributed by atoms with Crippen molar-refractivity contribution in [3.63, 3.8) is 0 Å². The molecule has 22 heavy (non-hydrogen) atoms. The van der Waals surface area contributed by atoms with E-state index in [0.29, 0.717) is 19.5 Å². The molecule has 1 fully saturated rings. The van der Waals surface area contributed by atoms with Gasteiger partial charge in [-0.05, 0) is 42.0 Å². The van der Waals surface area contributed by atoms with Gasteiger partial charge in [0.25, 0.3) is 0 Å². The van der Waals surface area contributed by atoms with E-state index in [1.807, 2.05) is 34.5 Å². The minimum absolute atomic E-state index is 0.162. The van der Waals surface area contributed by atoms with Crippen molar-refractivity contribution in [3.8, 4) is 0 Å². The Morgan fingerprint density at radius 1 is 1.36 bits per heavy atom. The zero-order chi connectivity index (χ0) is 15.2. The Hall–Kier alpha value is -1.72. The number of hydrogen-bond acceptors (Lipinski definition) is 4. The van der Waals surface area contributed by atoms with Gasteiger partial charge in [0.1, 0.15) is 0 Å². The Kier molecular flexibility index (Phi) is 5.19. The Morgan fingerprint density at radius 3 is 2.91 bits per heavy atom. The lowest BCUT2D eigenvalue weighted by atomic mass is 10.2. The van der Waals surface area contributed by atoms with Crippen LogP contribution in [-0.4, -0.2) is 35.0 Å². The highest BCUT2D eigenvalue weighted by molar-refractivity contribution is 7.10. The van der Waals surface area contributed by atoms with Crippen LogP contribution in [0.1, 0.15) is 23.3 Å². The van der Waals surface area contributed by atoms with Gasteiger partial charge in [0.05, 0.1) is 12.5 Å². The molecule has 5 heteroatoms. The maximum Gasteiger partial charge on any atom is 0.228 e. The molecule has 116 valence electrons. The van der Waals surface area contributed by atoms with Crippen molar-refractivity contribution >= 4 is 17.2 Å². The van der Waals surface area contributed by atoms with Gasteiger partial charge in [0.15, 0.2) is 0 Å². The summed E-state index contributed by atoms with van der Waals surface area (Å²) in [4.78, 5) is 19.7. The first-order valence-electron chi connectivity index (χ1n) is 7.62. The molecule has 0 aliphatic carbocycles. The van der Waals surface area contributed by atoms with E-state index in [1.165, 1.54) is 0 Å². The molecule has 1 atom stereocenters. The van der Waals surface area contributed by atoms with E-state index in [-0.39, 0.29) is 12.0 Å². The van der Waals surface area contributed by atoms with E-state index in [0.717, 1.165) is 29.9 Å². The van der Waals surface area contributed by atoms with E-state index in [2.05, 4.69) is 4.98 Å². The molecule has 2 aromatic heterocycles. The lowest BCUT2D eigenvalue weighted by Gasteiger charge is -2.25. The number of nitrogens with zero attached hydrogens (tertiary/aromatic N) is 2. The molecule has 3 rings (SSSR count). The Balaban J connectivity index is 1.68. The van der Waals surface area contributed by atoms with Crippen LogP contribution in [0.15, 0.2) is 42.0 Å². The third kappa shape index (κ3) is 4.15. The summed E-state index contributed by atoms with van der Waals surface area (Å²) in [5.74, 6) is 0.162. The summed E-state index contributed by atoms with van der Waals surface area (Å²) >= 11 is 1.63. The third-order valence-electron chi connectivity index (χ3n) is 3.83. The van der Waals surface area contributed by atoms with Gasteiger partial charge < -0.3 is 9.64 Å². The molecular formula is C17H20N2O2S. The van der Waals surface area contributed by atoms with Crippen molar-refractivity contribution in [2.75, 3.05) is 13.2 Å². The average molecular weight is 316 g/mol. The quantitative estimate of drug-likeness (QED) is 0.823. The molecule has 0 unspecified atom stereocenters. The van der Waals surface area contributed by atoms with E-state index in [4.69, 9.17) is 4.74 Å². The molecule has 0 N–H and O–H groups in total. The predicted molar refractivity (Wildman–Crippen MR) is 86.7 cm³/mol. The molecule has 1 aliphatic rings. The first-order chi connectivity index (χ1) is 10.8. The van der Waals surface area contributed by atoms with E-state index in [1.54, 1.807) is 23.7 Å². The Bertz CT molecular complexity index is 580. The summed E-state index contributed by atoms with van der Waals surface area (Å²) in [6, 6.07) is 7.92. The Morgan fingerprint density at radius 2 is 2.23 bits per heavy atom. The van der Waals surface area contributed by atoms with Crippen LogP contribution in [0.5, 0.6) is 0 Å². The number of amides is 1. The van der Waals surface area contributed by atoms with Crippen molar-refractivity contribution in [1.82, 2.24) is 9.88 Å². The van der Waals surface area contributed by atoms with E-state index >= 15 is 0 Å². The van der Waals surface area contributed by atoms with Crippen LogP contribution in [0, 0.1) is 0 Å². The van der Waals surface area contributed by atoms with Crippen molar-refractivity contribution in [2.45, 2.75) is 31.9 Å². The molecule has 0 radical (unpaired) electrons. The van der Waals surface area contributed by atoms with Crippen LogP contribution in [0.4, 0.5) is 0 Å². The summed E-state index contributed by atoms with van der Waals surface area (Å²) in [6.07, 6.45) is 6.31. The summed E-state index contributed by atoms with van der Waals surface area (Å²) < 4.78 is 5.70. The number of ether oxygens (including phenoxy) is 1. The van der Waals surface area contributed by atoms with Crippen LogP contribution in [0.3, 0.4) is 0 Å². The summed E-state index contributed by atoms with van der Waals surface area (Å²) in [5.41, 5.74) is 1.10. The number of carbonyl (C=O) groups excluding carboxylic acids is 1. The van der Waals surface area contributed by atoms with Gasteiger partial charge in [0.2, 0.25) is 5.91 Å². The van der Waals surface area contributed by atoms with Gasteiger partial charge in [-0.3, -0.25) is 9.78 Å².